The molecule has 11 heavy (non-hydrogen) atoms. The molecule has 5 nitrogen and oxygen atoms in total. The van der Waals surface area contributed by atoms with Crippen molar-refractivity contribution in [1.82, 2.24) is 4.57 Å². The maximum Gasteiger partial charge on any atom is 0.326 e. The molecule has 5 heteroatoms. The molecule has 0 aromatic carbocycles. The van der Waals surface area contributed by atoms with E-state index in [9.17, 15) is 14.9 Å². The number of aromatic nitrogens is 1. The van der Waals surface area contributed by atoms with Crippen molar-refractivity contribution in [3.05, 3.63) is 38.7 Å². The van der Waals surface area contributed by atoms with Crippen LogP contribution in [0.15, 0.2) is 23.1 Å². The number of nitro groups is 1. The first-order valence-corrected chi connectivity index (χ1v) is 2.92. The Balaban J connectivity index is 3.35. The molecule has 0 radical (unpaired) electrons. The van der Waals surface area contributed by atoms with Crippen molar-refractivity contribution in [3.8, 4) is 0 Å². The summed E-state index contributed by atoms with van der Waals surface area (Å²) in [5.74, 6) is -0.197. The Kier molecular flexibility index (Phi) is 1.72. The van der Waals surface area contributed by atoms with Gasteiger partial charge in [-0.1, -0.05) is 0 Å². The van der Waals surface area contributed by atoms with E-state index in [0.717, 1.165) is 6.07 Å². The highest BCUT2D eigenvalue weighted by atomic mass is 16.6. The zero-order valence-corrected chi connectivity index (χ0v) is 5.85. The van der Waals surface area contributed by atoms with Crippen LogP contribution in [0.4, 0.5) is 5.82 Å². The van der Waals surface area contributed by atoms with E-state index in [4.69, 9.17) is 0 Å². The lowest BCUT2D eigenvalue weighted by atomic mass is 10.4. The second-order valence-corrected chi connectivity index (χ2v) is 2.09. The molecule has 0 bridgehead atoms. The Hall–Kier alpha value is -1.65. The van der Waals surface area contributed by atoms with Gasteiger partial charge in [0.1, 0.15) is 0 Å². The number of aryl methyl sites for hydroxylation is 1. The summed E-state index contributed by atoms with van der Waals surface area (Å²) in [6.07, 6.45) is 1.36. The van der Waals surface area contributed by atoms with E-state index in [1.165, 1.54) is 23.9 Å². The van der Waals surface area contributed by atoms with Crippen molar-refractivity contribution in [2.45, 2.75) is 0 Å². The van der Waals surface area contributed by atoms with Crippen LogP contribution in [-0.4, -0.2) is 9.49 Å². The summed E-state index contributed by atoms with van der Waals surface area (Å²) in [6, 6.07) is 2.26. The number of nitrogens with zero attached hydrogens (tertiary/aromatic N) is 2. The van der Waals surface area contributed by atoms with Crippen LogP contribution < -0.4 is 5.43 Å². The third kappa shape index (κ3) is 1.43. The van der Waals surface area contributed by atoms with Gasteiger partial charge in [-0.15, -0.1) is 0 Å². The predicted molar refractivity (Wildman–Crippen MR) is 38.3 cm³/mol. The molecule has 0 atom stereocenters. The molecular weight excluding hydrogens is 148 g/mol. The summed E-state index contributed by atoms with van der Waals surface area (Å²) in [5, 5.41) is 10.2. The molecule has 0 saturated carbocycles. The van der Waals surface area contributed by atoms with Crippen LogP contribution in [0.5, 0.6) is 0 Å². The van der Waals surface area contributed by atoms with Crippen LogP contribution in [-0.2, 0) is 7.05 Å². The minimum Gasteiger partial charge on any atom is -0.358 e. The molecule has 1 aromatic rings. The number of hydrogen-bond acceptors (Lipinski definition) is 3. The molecule has 0 N–H and O–H groups in total. The lowest BCUT2D eigenvalue weighted by molar-refractivity contribution is -0.392. The Morgan fingerprint density at radius 2 is 2.27 bits per heavy atom. The SMILES string of the molecule is Cn1ccc(=O)cc1[N+](=O)[O-]. The Morgan fingerprint density at radius 3 is 2.73 bits per heavy atom. The average Bonchev–Trinajstić information content (AvgIpc) is 1.94. The number of pyridine rings is 1. The normalized spacial score (nSPS) is 9.55. The molecule has 0 spiro atoms. The van der Waals surface area contributed by atoms with Gasteiger partial charge in [0, 0.05) is 6.07 Å². The van der Waals surface area contributed by atoms with Crippen LogP contribution >= 0.6 is 0 Å². The molecule has 0 unspecified atom stereocenters. The molecule has 0 aliphatic carbocycles. The minimum atomic E-state index is -0.596. The minimum absolute atomic E-state index is 0.197. The topological polar surface area (TPSA) is 65.1 Å². The lowest BCUT2D eigenvalue weighted by Crippen LogP contribution is -2.07. The van der Waals surface area contributed by atoms with E-state index in [1.54, 1.807) is 0 Å². The van der Waals surface area contributed by atoms with Gasteiger partial charge in [0.25, 0.3) is 0 Å². The van der Waals surface area contributed by atoms with E-state index >= 15 is 0 Å². The van der Waals surface area contributed by atoms with Gasteiger partial charge in [0.05, 0.1) is 19.3 Å². The zero-order chi connectivity index (χ0) is 8.43. The Morgan fingerprint density at radius 1 is 1.64 bits per heavy atom. The summed E-state index contributed by atoms with van der Waals surface area (Å²) in [6.45, 7) is 0. The summed E-state index contributed by atoms with van der Waals surface area (Å²) in [5.41, 5.74) is -0.352. The van der Waals surface area contributed by atoms with E-state index in [1.807, 2.05) is 0 Å². The van der Waals surface area contributed by atoms with Crippen molar-refractivity contribution in [1.29, 1.82) is 0 Å². The highest BCUT2D eigenvalue weighted by Crippen LogP contribution is 2.03. The van der Waals surface area contributed by atoms with Gasteiger partial charge in [0.15, 0.2) is 5.43 Å². The molecule has 1 rings (SSSR count). The van der Waals surface area contributed by atoms with Crippen molar-refractivity contribution in [2.75, 3.05) is 0 Å². The third-order valence-electron chi connectivity index (χ3n) is 1.28. The molecule has 0 amide bonds. The maximum atomic E-state index is 10.6. The molecule has 0 aliphatic heterocycles. The van der Waals surface area contributed by atoms with Gasteiger partial charge in [-0.2, -0.15) is 0 Å². The van der Waals surface area contributed by atoms with Gasteiger partial charge in [-0.3, -0.25) is 4.79 Å². The molecule has 1 heterocycles. The van der Waals surface area contributed by atoms with Crippen LogP contribution in [0.1, 0.15) is 0 Å². The molecule has 0 fully saturated rings. The Labute approximate surface area is 62.0 Å². The van der Waals surface area contributed by atoms with E-state index < -0.39 is 4.92 Å². The molecule has 0 saturated heterocycles. The van der Waals surface area contributed by atoms with Crippen LogP contribution in [0.3, 0.4) is 0 Å². The first-order valence-electron chi connectivity index (χ1n) is 2.92. The Bertz CT molecular complexity index is 342. The monoisotopic (exact) mass is 154 g/mol. The third-order valence-corrected chi connectivity index (χ3v) is 1.28. The van der Waals surface area contributed by atoms with Gasteiger partial charge < -0.3 is 10.1 Å². The lowest BCUT2D eigenvalue weighted by Gasteiger charge is -1.97. The quantitative estimate of drug-likeness (QED) is 0.431. The number of hydrogen-bond donors (Lipinski definition) is 0. The van der Waals surface area contributed by atoms with Crippen LogP contribution in [0, 0.1) is 10.1 Å². The second-order valence-electron chi connectivity index (χ2n) is 2.09. The highest BCUT2D eigenvalue weighted by Gasteiger charge is 2.06. The van der Waals surface area contributed by atoms with Gasteiger partial charge in [-0.05, 0) is 4.92 Å². The van der Waals surface area contributed by atoms with Crippen LogP contribution in [0.2, 0.25) is 0 Å². The van der Waals surface area contributed by atoms with E-state index in [0.29, 0.717) is 0 Å². The summed E-state index contributed by atoms with van der Waals surface area (Å²) in [7, 11) is 1.51. The van der Waals surface area contributed by atoms with Crippen molar-refractivity contribution >= 4 is 5.82 Å². The van der Waals surface area contributed by atoms with Crippen molar-refractivity contribution in [3.63, 3.8) is 0 Å². The first-order chi connectivity index (χ1) is 5.11. The molecule has 58 valence electrons. The summed E-state index contributed by atoms with van der Waals surface area (Å²) in [4.78, 5) is 20.3. The average molecular weight is 154 g/mol. The van der Waals surface area contributed by atoms with Gasteiger partial charge >= 0.3 is 5.82 Å². The summed E-state index contributed by atoms with van der Waals surface area (Å²) < 4.78 is 1.28. The molecule has 1 aromatic heterocycles. The largest absolute Gasteiger partial charge is 0.358 e. The van der Waals surface area contributed by atoms with E-state index in [-0.39, 0.29) is 11.2 Å². The summed E-state index contributed by atoms with van der Waals surface area (Å²) >= 11 is 0. The highest BCUT2D eigenvalue weighted by molar-refractivity contribution is 5.19. The van der Waals surface area contributed by atoms with Crippen molar-refractivity contribution in [2.24, 2.45) is 7.05 Å². The fourth-order valence-corrected chi connectivity index (χ4v) is 0.720. The smallest absolute Gasteiger partial charge is 0.326 e. The molecule has 0 aliphatic rings. The standard InChI is InChI=1S/C6H6N2O3/c1-7-3-2-5(9)4-6(7)8(10)11/h2-4H,1H3. The van der Waals surface area contributed by atoms with Gasteiger partial charge in [0.2, 0.25) is 0 Å². The fraction of sp³-hybridized carbons (Fsp3) is 0.167. The molecular formula is C6H6N2O3. The second kappa shape index (κ2) is 2.53. The first kappa shape index (κ1) is 7.46. The van der Waals surface area contributed by atoms with Gasteiger partial charge in [-0.25, -0.2) is 4.57 Å². The predicted octanol–water partition coefficient (Wildman–Crippen LogP) is 0.293. The number of rotatable bonds is 1. The van der Waals surface area contributed by atoms with Crippen molar-refractivity contribution < 1.29 is 4.92 Å². The zero-order valence-electron chi connectivity index (χ0n) is 5.85. The fourth-order valence-electron chi connectivity index (χ4n) is 0.720. The maximum absolute atomic E-state index is 10.6. The van der Waals surface area contributed by atoms with E-state index in [2.05, 4.69) is 0 Å². The van der Waals surface area contributed by atoms with Crippen LogP contribution in [0.25, 0.3) is 0 Å².